The second-order valence-electron chi connectivity index (χ2n) is 4.54. The van der Waals surface area contributed by atoms with Gasteiger partial charge in [0.2, 0.25) is 11.8 Å². The Morgan fingerprint density at radius 1 is 1.33 bits per heavy atom. The van der Waals surface area contributed by atoms with Crippen LogP contribution < -0.4 is 10.6 Å². The first-order valence-corrected chi connectivity index (χ1v) is 6.37. The van der Waals surface area contributed by atoms with E-state index < -0.39 is 11.9 Å². The van der Waals surface area contributed by atoms with Crippen LogP contribution >= 0.6 is 0 Å². The van der Waals surface area contributed by atoms with Crippen LogP contribution in [-0.4, -0.2) is 11.8 Å². The van der Waals surface area contributed by atoms with E-state index >= 15 is 0 Å². The molecule has 21 heavy (non-hydrogen) atoms. The first kappa shape index (κ1) is 14.8. The molecule has 110 valence electrons. The summed E-state index contributed by atoms with van der Waals surface area (Å²) in [6, 6.07) is 6.70. The van der Waals surface area contributed by atoms with Crippen LogP contribution in [0.1, 0.15) is 24.1 Å². The lowest BCUT2D eigenvalue weighted by molar-refractivity contribution is -0.128. The minimum absolute atomic E-state index is 0.171. The molecule has 0 bridgehead atoms. The van der Waals surface area contributed by atoms with Gasteiger partial charge in [-0.2, -0.15) is 0 Å². The van der Waals surface area contributed by atoms with Gasteiger partial charge in [-0.1, -0.05) is 12.1 Å². The maximum Gasteiger partial charge on any atom is 0.247 e. The highest BCUT2D eigenvalue weighted by molar-refractivity contribution is 5.87. The topological polar surface area (TPSA) is 71.3 Å². The zero-order valence-electron chi connectivity index (χ0n) is 11.4. The third kappa shape index (κ3) is 4.17. The van der Waals surface area contributed by atoms with Crippen molar-refractivity contribution in [2.45, 2.75) is 19.5 Å². The van der Waals surface area contributed by atoms with Crippen molar-refractivity contribution < 1.29 is 18.4 Å². The van der Waals surface area contributed by atoms with E-state index in [0.29, 0.717) is 11.1 Å². The molecule has 0 aliphatic carbocycles. The summed E-state index contributed by atoms with van der Waals surface area (Å²) in [5.41, 5.74) is 1.18. The highest BCUT2D eigenvalue weighted by Crippen LogP contribution is 2.14. The SMILES string of the molecule is CC(=O)NC(C(=O)NCc1cccc(F)c1)c1ccoc1. The number of carbonyl (C=O) groups excluding carboxylic acids is 2. The Kier molecular flexibility index (Phi) is 4.71. The largest absolute Gasteiger partial charge is 0.472 e. The molecule has 0 fully saturated rings. The van der Waals surface area contributed by atoms with Crippen LogP contribution in [-0.2, 0) is 16.1 Å². The first-order chi connectivity index (χ1) is 10.1. The molecule has 2 amide bonds. The number of hydrogen-bond donors (Lipinski definition) is 2. The van der Waals surface area contributed by atoms with E-state index in [1.54, 1.807) is 18.2 Å². The average molecular weight is 290 g/mol. The maximum atomic E-state index is 13.1. The van der Waals surface area contributed by atoms with E-state index in [1.807, 2.05) is 0 Å². The minimum atomic E-state index is -0.838. The normalized spacial score (nSPS) is 11.7. The van der Waals surface area contributed by atoms with Crippen LogP contribution in [0, 0.1) is 5.82 Å². The molecule has 1 aromatic carbocycles. The smallest absolute Gasteiger partial charge is 0.247 e. The fraction of sp³-hybridized carbons (Fsp3) is 0.200. The van der Waals surface area contributed by atoms with Crippen LogP contribution in [0.15, 0.2) is 47.3 Å². The number of benzene rings is 1. The lowest BCUT2D eigenvalue weighted by Gasteiger charge is -2.16. The molecule has 0 saturated carbocycles. The highest BCUT2D eigenvalue weighted by atomic mass is 19.1. The summed E-state index contributed by atoms with van der Waals surface area (Å²) >= 11 is 0. The molecule has 1 aromatic heterocycles. The van der Waals surface area contributed by atoms with Crippen molar-refractivity contribution in [3.63, 3.8) is 0 Å². The molecular formula is C15H15FN2O3. The molecule has 0 spiro atoms. The van der Waals surface area contributed by atoms with Crippen molar-refractivity contribution in [2.75, 3.05) is 0 Å². The Balaban J connectivity index is 2.03. The molecule has 1 unspecified atom stereocenters. The van der Waals surface area contributed by atoms with Gasteiger partial charge in [-0.15, -0.1) is 0 Å². The lowest BCUT2D eigenvalue weighted by atomic mass is 10.1. The summed E-state index contributed by atoms with van der Waals surface area (Å²) in [5.74, 6) is -1.09. The van der Waals surface area contributed by atoms with E-state index in [0.717, 1.165) is 0 Å². The van der Waals surface area contributed by atoms with Crippen LogP contribution in [0.4, 0.5) is 4.39 Å². The fourth-order valence-electron chi connectivity index (χ4n) is 1.88. The Hall–Kier alpha value is -2.63. The highest BCUT2D eigenvalue weighted by Gasteiger charge is 2.22. The average Bonchev–Trinajstić information content (AvgIpc) is 2.96. The first-order valence-electron chi connectivity index (χ1n) is 6.37. The van der Waals surface area contributed by atoms with Gasteiger partial charge in [0.15, 0.2) is 0 Å². The van der Waals surface area contributed by atoms with Gasteiger partial charge in [0.1, 0.15) is 11.9 Å². The third-order valence-electron chi connectivity index (χ3n) is 2.84. The summed E-state index contributed by atoms with van der Waals surface area (Å²) in [4.78, 5) is 23.4. The Morgan fingerprint density at radius 3 is 2.76 bits per heavy atom. The molecule has 5 nitrogen and oxygen atoms in total. The van der Waals surface area contributed by atoms with Gasteiger partial charge < -0.3 is 15.1 Å². The van der Waals surface area contributed by atoms with Crippen LogP contribution in [0.5, 0.6) is 0 Å². The van der Waals surface area contributed by atoms with E-state index in [4.69, 9.17) is 4.42 Å². The minimum Gasteiger partial charge on any atom is -0.472 e. The predicted molar refractivity (Wildman–Crippen MR) is 73.5 cm³/mol. The molecule has 0 radical (unpaired) electrons. The molecule has 2 N–H and O–H groups in total. The number of hydrogen-bond acceptors (Lipinski definition) is 3. The summed E-state index contributed by atoms with van der Waals surface area (Å²) < 4.78 is 18.0. The summed E-state index contributed by atoms with van der Waals surface area (Å²) in [6.07, 6.45) is 2.81. The van der Waals surface area contributed by atoms with Gasteiger partial charge in [-0.3, -0.25) is 9.59 Å². The molecule has 6 heteroatoms. The Labute approximate surface area is 121 Å². The standard InChI is InChI=1S/C15H15FN2O3/c1-10(19)18-14(12-5-6-21-9-12)15(20)17-8-11-3-2-4-13(16)7-11/h2-7,9,14H,8H2,1H3,(H,17,20)(H,18,19). The molecule has 0 aliphatic heterocycles. The number of rotatable bonds is 5. The van der Waals surface area contributed by atoms with E-state index in [2.05, 4.69) is 10.6 Å². The second-order valence-corrected chi connectivity index (χ2v) is 4.54. The van der Waals surface area contributed by atoms with Gasteiger partial charge >= 0.3 is 0 Å². The van der Waals surface area contributed by atoms with Gasteiger partial charge in [0.05, 0.1) is 12.5 Å². The van der Waals surface area contributed by atoms with Gasteiger partial charge in [-0.05, 0) is 23.8 Å². The summed E-state index contributed by atoms with van der Waals surface area (Å²) in [7, 11) is 0. The van der Waals surface area contributed by atoms with E-state index in [9.17, 15) is 14.0 Å². The monoisotopic (exact) mass is 290 g/mol. The van der Waals surface area contributed by atoms with Crippen molar-refractivity contribution in [1.29, 1.82) is 0 Å². The van der Waals surface area contributed by atoms with Crippen LogP contribution in [0.25, 0.3) is 0 Å². The molecular weight excluding hydrogens is 275 g/mol. The quantitative estimate of drug-likeness (QED) is 0.883. The lowest BCUT2D eigenvalue weighted by Crippen LogP contribution is -2.39. The Morgan fingerprint density at radius 2 is 2.14 bits per heavy atom. The van der Waals surface area contributed by atoms with Gasteiger partial charge in [0.25, 0.3) is 0 Å². The van der Waals surface area contributed by atoms with Gasteiger partial charge in [-0.25, -0.2) is 4.39 Å². The van der Waals surface area contributed by atoms with Crippen molar-refractivity contribution in [3.05, 3.63) is 59.8 Å². The molecule has 0 aliphatic rings. The number of nitrogens with one attached hydrogen (secondary N) is 2. The molecule has 0 saturated heterocycles. The van der Waals surface area contributed by atoms with E-state index in [-0.39, 0.29) is 18.3 Å². The predicted octanol–water partition coefficient (Wildman–Crippen LogP) is 1.91. The van der Waals surface area contributed by atoms with Crippen molar-refractivity contribution in [2.24, 2.45) is 0 Å². The van der Waals surface area contributed by atoms with Crippen molar-refractivity contribution in [1.82, 2.24) is 10.6 Å². The fourth-order valence-corrected chi connectivity index (χ4v) is 1.88. The van der Waals surface area contributed by atoms with Gasteiger partial charge in [0, 0.05) is 19.0 Å². The Bertz CT molecular complexity index is 626. The van der Waals surface area contributed by atoms with E-state index in [1.165, 1.54) is 31.6 Å². The maximum absolute atomic E-state index is 13.1. The molecule has 1 heterocycles. The summed E-state index contributed by atoms with van der Waals surface area (Å²) in [6.45, 7) is 1.50. The zero-order chi connectivity index (χ0) is 15.2. The molecule has 2 rings (SSSR count). The molecule has 2 aromatic rings. The third-order valence-corrected chi connectivity index (χ3v) is 2.84. The number of halogens is 1. The van der Waals surface area contributed by atoms with Crippen LogP contribution in [0.2, 0.25) is 0 Å². The summed E-state index contributed by atoms with van der Waals surface area (Å²) in [5, 5.41) is 5.20. The zero-order valence-corrected chi connectivity index (χ0v) is 11.4. The number of carbonyl (C=O) groups is 2. The number of furan rings is 1. The van der Waals surface area contributed by atoms with Crippen LogP contribution in [0.3, 0.4) is 0 Å². The van der Waals surface area contributed by atoms with Crippen molar-refractivity contribution >= 4 is 11.8 Å². The molecule has 1 atom stereocenters. The number of amides is 2. The second kappa shape index (κ2) is 6.69. The van der Waals surface area contributed by atoms with Crippen molar-refractivity contribution in [3.8, 4) is 0 Å².